The normalized spacial score (nSPS) is 24.3. The van der Waals surface area contributed by atoms with Gasteiger partial charge in [-0.25, -0.2) is 4.98 Å². The Kier molecular flexibility index (Phi) is 5.13. The molecule has 1 aliphatic carbocycles. The maximum absolute atomic E-state index is 4.67. The molecule has 0 unspecified atom stereocenters. The van der Waals surface area contributed by atoms with Crippen LogP contribution >= 0.6 is 0 Å². The van der Waals surface area contributed by atoms with Gasteiger partial charge in [-0.05, 0) is 56.8 Å². The Morgan fingerprint density at radius 3 is 2.67 bits per heavy atom. The van der Waals surface area contributed by atoms with Gasteiger partial charge >= 0.3 is 0 Å². The fourth-order valence-corrected chi connectivity index (χ4v) is 3.89. The molecule has 3 heteroatoms. The second kappa shape index (κ2) is 7.26. The highest BCUT2D eigenvalue weighted by Crippen LogP contribution is 2.31. The predicted molar refractivity (Wildman–Crippen MR) is 88.6 cm³/mol. The van der Waals surface area contributed by atoms with E-state index in [0.29, 0.717) is 12.1 Å². The number of aromatic nitrogens is 1. The molecule has 0 amide bonds. The molecule has 2 aliphatic rings. The fraction of sp³-hybridized carbons (Fsp3) is 0.722. The van der Waals surface area contributed by atoms with E-state index in [-0.39, 0.29) is 0 Å². The predicted octanol–water partition coefficient (Wildman–Crippen LogP) is 4.37. The molecule has 1 aliphatic heterocycles. The van der Waals surface area contributed by atoms with Crippen molar-refractivity contribution >= 4 is 5.82 Å². The highest BCUT2D eigenvalue weighted by molar-refractivity contribution is 5.37. The molecule has 21 heavy (non-hydrogen) atoms. The minimum Gasteiger partial charge on any atom is -0.367 e. The first kappa shape index (κ1) is 14.8. The summed E-state index contributed by atoms with van der Waals surface area (Å²) in [5, 5.41) is 3.58. The van der Waals surface area contributed by atoms with Crippen molar-refractivity contribution in [2.24, 2.45) is 0 Å². The van der Waals surface area contributed by atoms with E-state index in [0.717, 1.165) is 5.82 Å². The van der Waals surface area contributed by atoms with Gasteiger partial charge in [0.15, 0.2) is 0 Å². The molecule has 116 valence electrons. The minimum absolute atomic E-state index is 0.590. The first-order valence-electron chi connectivity index (χ1n) is 8.83. The zero-order valence-corrected chi connectivity index (χ0v) is 13.4. The molecule has 0 spiro atoms. The lowest BCUT2D eigenvalue weighted by Crippen LogP contribution is -2.34. The van der Waals surface area contributed by atoms with Crippen molar-refractivity contribution in [1.82, 2.24) is 9.88 Å². The van der Waals surface area contributed by atoms with Crippen LogP contribution in [-0.2, 0) is 0 Å². The zero-order chi connectivity index (χ0) is 14.5. The van der Waals surface area contributed by atoms with Crippen LogP contribution in [0.5, 0.6) is 0 Å². The van der Waals surface area contributed by atoms with Crippen LogP contribution < -0.4 is 5.32 Å². The third-order valence-corrected chi connectivity index (χ3v) is 5.00. The average Bonchev–Trinajstić information content (AvgIpc) is 3.02. The molecule has 3 nitrogen and oxygen atoms in total. The molecule has 1 aromatic heterocycles. The Balaban J connectivity index is 1.64. The Hall–Kier alpha value is -1.09. The molecule has 3 rings (SSSR count). The molecule has 1 N–H and O–H groups in total. The van der Waals surface area contributed by atoms with Crippen LogP contribution in [0.2, 0.25) is 0 Å². The summed E-state index contributed by atoms with van der Waals surface area (Å²) in [5.74, 6) is 1.06. The van der Waals surface area contributed by atoms with E-state index < -0.39 is 0 Å². The number of hydrogen-bond donors (Lipinski definition) is 1. The van der Waals surface area contributed by atoms with Gasteiger partial charge in [0, 0.05) is 18.3 Å². The molecular formula is C18H29N3. The van der Waals surface area contributed by atoms with Crippen molar-refractivity contribution < 1.29 is 0 Å². The van der Waals surface area contributed by atoms with E-state index in [1.165, 1.54) is 70.0 Å². The van der Waals surface area contributed by atoms with Crippen molar-refractivity contribution in [3.05, 3.63) is 23.9 Å². The number of hydrogen-bond acceptors (Lipinski definition) is 3. The van der Waals surface area contributed by atoms with Crippen molar-refractivity contribution in [1.29, 1.82) is 0 Å². The van der Waals surface area contributed by atoms with Gasteiger partial charge in [-0.15, -0.1) is 0 Å². The summed E-state index contributed by atoms with van der Waals surface area (Å²) in [6, 6.07) is 5.72. The monoisotopic (exact) mass is 287 g/mol. The topological polar surface area (TPSA) is 28.2 Å². The second-order valence-corrected chi connectivity index (χ2v) is 6.65. The van der Waals surface area contributed by atoms with Crippen molar-refractivity contribution in [3.63, 3.8) is 0 Å². The lowest BCUT2D eigenvalue weighted by atomic mass is 9.96. The van der Waals surface area contributed by atoms with Crippen molar-refractivity contribution in [3.8, 4) is 0 Å². The molecule has 0 radical (unpaired) electrons. The van der Waals surface area contributed by atoms with E-state index in [1.54, 1.807) is 0 Å². The number of piperidine rings is 1. The van der Waals surface area contributed by atoms with E-state index in [9.17, 15) is 0 Å². The minimum atomic E-state index is 0.590. The van der Waals surface area contributed by atoms with Crippen LogP contribution in [0, 0.1) is 0 Å². The number of pyridine rings is 1. The average molecular weight is 287 g/mol. The first-order valence-corrected chi connectivity index (χ1v) is 8.83. The molecular weight excluding hydrogens is 258 g/mol. The van der Waals surface area contributed by atoms with Gasteiger partial charge in [-0.3, -0.25) is 4.90 Å². The van der Waals surface area contributed by atoms with Crippen LogP contribution in [0.3, 0.4) is 0 Å². The summed E-state index contributed by atoms with van der Waals surface area (Å²) in [5.41, 5.74) is 1.40. The van der Waals surface area contributed by atoms with Gasteiger partial charge < -0.3 is 5.32 Å². The highest BCUT2D eigenvalue weighted by Gasteiger charge is 2.23. The van der Waals surface area contributed by atoms with Crippen LogP contribution in [0.25, 0.3) is 0 Å². The molecule has 0 aromatic carbocycles. The summed E-state index contributed by atoms with van der Waals surface area (Å²) in [6.45, 7) is 4.74. The molecule has 0 bridgehead atoms. The lowest BCUT2D eigenvalue weighted by molar-refractivity contribution is 0.149. The molecule has 2 heterocycles. The largest absolute Gasteiger partial charge is 0.367 e. The van der Waals surface area contributed by atoms with Gasteiger partial charge in [-0.1, -0.05) is 32.3 Å². The third kappa shape index (κ3) is 3.76. The Bertz CT molecular complexity index is 421. The molecule has 1 atom stereocenters. The smallest absolute Gasteiger partial charge is 0.126 e. The highest BCUT2D eigenvalue weighted by atomic mass is 15.2. The molecule has 2 fully saturated rings. The van der Waals surface area contributed by atoms with Crippen LogP contribution in [-0.4, -0.2) is 29.0 Å². The van der Waals surface area contributed by atoms with Gasteiger partial charge in [0.2, 0.25) is 0 Å². The molecule has 1 aromatic rings. The SMILES string of the molecule is CCCN1CCCC[C@@H]1c1ccc(NC2CCCC2)nc1. The van der Waals surface area contributed by atoms with Crippen LogP contribution in [0.15, 0.2) is 18.3 Å². The van der Waals surface area contributed by atoms with Crippen LogP contribution in [0.1, 0.15) is 69.9 Å². The molecule has 1 saturated carbocycles. The van der Waals surface area contributed by atoms with Gasteiger partial charge in [-0.2, -0.15) is 0 Å². The fourth-order valence-electron chi connectivity index (χ4n) is 3.89. The third-order valence-electron chi connectivity index (χ3n) is 5.00. The standard InChI is InChI=1S/C18H29N3/c1-2-12-21-13-6-5-9-17(21)15-10-11-18(19-14-15)20-16-7-3-4-8-16/h10-11,14,16-17H,2-9,12-13H2,1H3,(H,19,20)/t17-/m1/s1. The summed E-state index contributed by atoms with van der Waals surface area (Å²) in [6.07, 6.45) is 12.7. The van der Waals surface area contributed by atoms with E-state index in [2.05, 4.69) is 40.5 Å². The van der Waals surface area contributed by atoms with E-state index in [4.69, 9.17) is 0 Å². The Morgan fingerprint density at radius 2 is 1.95 bits per heavy atom. The maximum Gasteiger partial charge on any atom is 0.126 e. The number of rotatable bonds is 5. The van der Waals surface area contributed by atoms with Gasteiger partial charge in [0.1, 0.15) is 5.82 Å². The Morgan fingerprint density at radius 1 is 1.14 bits per heavy atom. The first-order chi connectivity index (χ1) is 10.4. The quantitative estimate of drug-likeness (QED) is 0.871. The van der Waals surface area contributed by atoms with Crippen molar-refractivity contribution in [2.75, 3.05) is 18.4 Å². The van der Waals surface area contributed by atoms with Gasteiger partial charge in [0.25, 0.3) is 0 Å². The summed E-state index contributed by atoms with van der Waals surface area (Å²) in [7, 11) is 0. The number of likely N-dealkylation sites (tertiary alicyclic amines) is 1. The zero-order valence-electron chi connectivity index (χ0n) is 13.4. The summed E-state index contributed by atoms with van der Waals surface area (Å²) >= 11 is 0. The lowest BCUT2D eigenvalue weighted by Gasteiger charge is -2.35. The number of nitrogens with zero attached hydrogens (tertiary/aromatic N) is 2. The van der Waals surface area contributed by atoms with Crippen LogP contribution in [0.4, 0.5) is 5.82 Å². The summed E-state index contributed by atoms with van der Waals surface area (Å²) < 4.78 is 0. The summed E-state index contributed by atoms with van der Waals surface area (Å²) in [4.78, 5) is 7.32. The molecule has 1 saturated heterocycles. The maximum atomic E-state index is 4.67. The van der Waals surface area contributed by atoms with E-state index in [1.807, 2.05) is 0 Å². The van der Waals surface area contributed by atoms with E-state index >= 15 is 0 Å². The second-order valence-electron chi connectivity index (χ2n) is 6.65. The Labute approximate surface area is 129 Å². The number of anilines is 1. The van der Waals surface area contributed by atoms with Crippen molar-refractivity contribution in [2.45, 2.75) is 70.4 Å². The number of nitrogens with one attached hydrogen (secondary N) is 1. The van der Waals surface area contributed by atoms with Gasteiger partial charge in [0.05, 0.1) is 0 Å².